The molecule has 152 valence electrons. The van der Waals surface area contributed by atoms with Crippen LogP contribution in [0.5, 0.6) is 5.75 Å². The zero-order chi connectivity index (χ0) is 20.8. The molecule has 0 saturated heterocycles. The molecule has 2 aromatic carbocycles. The van der Waals surface area contributed by atoms with Crippen molar-refractivity contribution >= 4 is 5.97 Å². The number of hydrogen-bond acceptors (Lipinski definition) is 3. The Hall–Kier alpha value is -1.36. The van der Waals surface area contributed by atoms with Crippen molar-refractivity contribution in [1.82, 2.24) is 0 Å². The molecule has 5 heteroatoms. The molecule has 0 saturated carbocycles. The normalized spacial score (nSPS) is 12.0. The van der Waals surface area contributed by atoms with Crippen molar-refractivity contribution in [2.45, 2.75) is 71.8 Å². The average Bonchev–Trinajstić information content (AvgIpc) is 2.64. The van der Waals surface area contributed by atoms with Crippen molar-refractivity contribution in [2.24, 2.45) is 0 Å². The van der Waals surface area contributed by atoms with Gasteiger partial charge in [0.25, 0.3) is 0 Å². The van der Waals surface area contributed by atoms with Crippen LogP contribution in [0.2, 0.25) is 0 Å². The summed E-state index contributed by atoms with van der Waals surface area (Å²) in [6.07, 6.45) is 1.000. The molecule has 2 rings (SSSR count). The van der Waals surface area contributed by atoms with Crippen molar-refractivity contribution in [3.05, 3.63) is 53.3 Å². The van der Waals surface area contributed by atoms with Gasteiger partial charge in [-0.2, -0.15) is 0 Å². The van der Waals surface area contributed by atoms with Crippen LogP contribution in [-0.4, -0.2) is 12.1 Å². The van der Waals surface area contributed by atoms with Gasteiger partial charge in [-0.15, -0.1) is 0 Å². The van der Waals surface area contributed by atoms with E-state index in [4.69, 9.17) is 4.74 Å². The Kier molecular flexibility index (Phi) is 10.4. The summed E-state index contributed by atoms with van der Waals surface area (Å²) in [6, 6.07) is 10.3. The van der Waals surface area contributed by atoms with Gasteiger partial charge in [0, 0.05) is 5.56 Å². The summed E-state index contributed by atoms with van der Waals surface area (Å²) in [5.74, 6) is -0.535. The number of carbonyl (C=O) groups excluding carboxylic acids is 1. The minimum atomic E-state index is -1.21. The Morgan fingerprint density at radius 1 is 1.07 bits per heavy atom. The number of carboxylic acids is 1. The number of rotatable bonds is 9. The summed E-state index contributed by atoms with van der Waals surface area (Å²) < 4.78 is 19.5. The molecule has 0 aliphatic carbocycles. The second-order valence-electron chi connectivity index (χ2n) is 7.87. The quantitative estimate of drug-likeness (QED) is 0.599. The molecule has 1 unspecified atom stereocenters. The summed E-state index contributed by atoms with van der Waals surface area (Å²) >= 11 is 0. The van der Waals surface area contributed by atoms with Gasteiger partial charge >= 0.3 is 29.6 Å². The minimum absolute atomic E-state index is 0. The molecule has 0 heterocycles. The largest absolute Gasteiger partial charge is 1.00 e. The molecular weight excluding hydrogens is 378 g/mol. The second-order valence-corrected chi connectivity index (χ2v) is 7.87. The Labute approximate surface area is 196 Å². The summed E-state index contributed by atoms with van der Waals surface area (Å²) in [4.78, 5) is 11.7. The number of benzene rings is 2. The molecule has 0 bridgehead atoms. The van der Waals surface area contributed by atoms with Crippen molar-refractivity contribution in [3.8, 4) is 16.9 Å². The van der Waals surface area contributed by atoms with Crippen LogP contribution in [0.25, 0.3) is 11.1 Å². The van der Waals surface area contributed by atoms with E-state index in [1.165, 1.54) is 12.1 Å². The molecule has 2 aromatic rings. The second kappa shape index (κ2) is 11.7. The van der Waals surface area contributed by atoms with E-state index < -0.39 is 12.1 Å². The number of halogens is 1. The van der Waals surface area contributed by atoms with Crippen molar-refractivity contribution in [3.63, 3.8) is 0 Å². The first-order valence-corrected chi connectivity index (χ1v) is 10.1. The third-order valence-electron chi connectivity index (χ3n) is 4.93. The van der Waals surface area contributed by atoms with E-state index in [9.17, 15) is 14.3 Å². The predicted molar refractivity (Wildman–Crippen MR) is 109 cm³/mol. The van der Waals surface area contributed by atoms with E-state index >= 15 is 0 Å². The number of aliphatic carboxylic acids is 1. The molecule has 29 heavy (non-hydrogen) atoms. The topological polar surface area (TPSA) is 49.4 Å². The first-order chi connectivity index (χ1) is 13.2. The van der Waals surface area contributed by atoms with Gasteiger partial charge in [-0.1, -0.05) is 59.2 Å². The Balaban J connectivity index is 0.00000420. The summed E-state index contributed by atoms with van der Waals surface area (Å²) in [7, 11) is 0. The third-order valence-corrected chi connectivity index (χ3v) is 4.93. The van der Waals surface area contributed by atoms with Crippen LogP contribution in [0.1, 0.15) is 76.8 Å². The maximum absolute atomic E-state index is 13.5. The SMILES string of the molecule is CCCCC(Oc1c(-c2ccc(F)cc2)cc(C(C)C)cc1C(C)C)C(=O)[O-].[Na+]. The third kappa shape index (κ3) is 6.84. The number of carboxylic acid groups (broad SMARTS) is 1. The number of hydrogen-bond donors (Lipinski definition) is 0. The van der Waals surface area contributed by atoms with Crippen LogP contribution in [0.4, 0.5) is 4.39 Å². The Bertz CT molecular complexity index is 801. The molecule has 0 aromatic heterocycles. The van der Waals surface area contributed by atoms with Gasteiger partial charge in [0.15, 0.2) is 0 Å². The van der Waals surface area contributed by atoms with Crippen LogP contribution in [0.15, 0.2) is 36.4 Å². The van der Waals surface area contributed by atoms with Gasteiger partial charge in [-0.3, -0.25) is 0 Å². The zero-order valence-corrected chi connectivity index (χ0v) is 20.4. The molecule has 0 amide bonds. The summed E-state index contributed by atoms with van der Waals surface area (Å²) in [6.45, 7) is 10.3. The Morgan fingerprint density at radius 2 is 1.69 bits per heavy atom. The molecule has 0 N–H and O–H groups in total. The molecule has 0 radical (unpaired) electrons. The average molecular weight is 408 g/mol. The van der Waals surface area contributed by atoms with Crippen LogP contribution in [-0.2, 0) is 4.79 Å². The first kappa shape index (κ1) is 25.7. The van der Waals surface area contributed by atoms with Crippen molar-refractivity contribution in [2.75, 3.05) is 0 Å². The first-order valence-electron chi connectivity index (χ1n) is 10.1. The molecule has 0 aliphatic heterocycles. The van der Waals surface area contributed by atoms with Crippen molar-refractivity contribution < 1.29 is 48.6 Å². The minimum Gasteiger partial charge on any atom is -0.546 e. The fourth-order valence-electron chi connectivity index (χ4n) is 3.17. The van der Waals surface area contributed by atoms with E-state index in [2.05, 4.69) is 33.8 Å². The van der Waals surface area contributed by atoms with Crippen LogP contribution in [0, 0.1) is 5.82 Å². The van der Waals surface area contributed by atoms with E-state index in [1.807, 2.05) is 13.0 Å². The van der Waals surface area contributed by atoms with Gasteiger partial charge in [-0.05, 0) is 59.6 Å². The monoisotopic (exact) mass is 408 g/mol. The fourth-order valence-corrected chi connectivity index (χ4v) is 3.17. The van der Waals surface area contributed by atoms with Gasteiger partial charge < -0.3 is 14.6 Å². The summed E-state index contributed by atoms with van der Waals surface area (Å²) in [5.41, 5.74) is 3.67. The number of carbonyl (C=O) groups is 1. The van der Waals surface area contributed by atoms with E-state index in [0.717, 1.165) is 35.1 Å². The van der Waals surface area contributed by atoms with E-state index in [1.54, 1.807) is 12.1 Å². The van der Waals surface area contributed by atoms with Crippen LogP contribution in [0.3, 0.4) is 0 Å². The maximum atomic E-state index is 13.5. The smallest absolute Gasteiger partial charge is 0.546 e. The van der Waals surface area contributed by atoms with Crippen LogP contribution < -0.4 is 39.4 Å². The Morgan fingerprint density at radius 3 is 2.17 bits per heavy atom. The molecular formula is C24H30FNaO3. The molecule has 1 atom stereocenters. The van der Waals surface area contributed by atoms with Crippen LogP contribution >= 0.6 is 0 Å². The molecule has 0 spiro atoms. The number of ether oxygens (including phenoxy) is 1. The zero-order valence-electron chi connectivity index (χ0n) is 18.4. The maximum Gasteiger partial charge on any atom is 1.00 e. The predicted octanol–water partition coefficient (Wildman–Crippen LogP) is 2.43. The van der Waals surface area contributed by atoms with Gasteiger partial charge in [0.05, 0.1) is 5.97 Å². The van der Waals surface area contributed by atoms with E-state index in [-0.39, 0.29) is 41.3 Å². The molecule has 0 aliphatic rings. The van der Waals surface area contributed by atoms with Crippen molar-refractivity contribution in [1.29, 1.82) is 0 Å². The molecule has 3 nitrogen and oxygen atoms in total. The van der Waals surface area contributed by atoms with Gasteiger partial charge in [0.1, 0.15) is 17.7 Å². The molecule has 0 fully saturated rings. The van der Waals surface area contributed by atoms with E-state index in [0.29, 0.717) is 18.1 Å². The standard InChI is InChI=1S/C24H31FO3.Na/c1-6-7-8-22(24(26)27)28-23-20(16(4)5)13-18(15(2)3)14-21(23)17-9-11-19(25)12-10-17;/h9-16,22H,6-8H2,1-5H3,(H,26,27);/q;+1/p-1. The summed E-state index contributed by atoms with van der Waals surface area (Å²) in [5, 5.41) is 11.7. The van der Waals surface area contributed by atoms with Gasteiger partial charge in [-0.25, -0.2) is 4.39 Å². The fraction of sp³-hybridized carbons (Fsp3) is 0.458. The number of unbranched alkanes of at least 4 members (excludes halogenated alkanes) is 1. The van der Waals surface area contributed by atoms with Gasteiger partial charge in [0.2, 0.25) is 0 Å².